The van der Waals surface area contributed by atoms with Crippen molar-refractivity contribution in [3.63, 3.8) is 0 Å². The number of nitrogens with two attached hydrogens (primary N) is 1. The third-order valence-electron chi connectivity index (χ3n) is 0.949. The van der Waals surface area contributed by atoms with Gasteiger partial charge in [0.2, 0.25) is 0 Å². The minimum atomic E-state index is -2.13. The summed E-state index contributed by atoms with van der Waals surface area (Å²) in [6.45, 7) is 1.74. The number of carbonyl (C=O) groups is 1. The van der Waals surface area contributed by atoms with Gasteiger partial charge in [0.1, 0.15) is 0 Å². The first-order valence-corrected chi connectivity index (χ1v) is 5.96. The van der Waals surface area contributed by atoms with E-state index in [2.05, 4.69) is 0 Å². The fourth-order valence-corrected chi connectivity index (χ4v) is 2.37. The molecule has 0 fully saturated rings. The Labute approximate surface area is 69.2 Å². The molecule has 5 heteroatoms. The van der Waals surface area contributed by atoms with Crippen LogP contribution in [0.2, 0.25) is 5.32 Å². The van der Waals surface area contributed by atoms with Crippen LogP contribution in [-0.4, -0.2) is 31.0 Å². The summed E-state index contributed by atoms with van der Waals surface area (Å²) in [5.74, 6) is -1.10. The molecule has 0 saturated heterocycles. The monoisotopic (exact) mass is 225 g/mol. The molecule has 0 aromatic rings. The molecule has 0 bridgehead atoms. The van der Waals surface area contributed by atoms with Crippen LogP contribution < -0.4 is 5.73 Å². The van der Waals surface area contributed by atoms with Crippen molar-refractivity contribution in [3.05, 3.63) is 11.1 Å². The number of carboxylic acid groups (broad SMARTS) is 1. The predicted molar refractivity (Wildman–Crippen MR) is 41.7 cm³/mol. The van der Waals surface area contributed by atoms with E-state index in [0.717, 1.165) is 0 Å². The fourth-order valence-electron chi connectivity index (χ4n) is 0.456. The molecule has 0 saturated carbocycles. The van der Waals surface area contributed by atoms with E-state index < -0.39 is 25.8 Å². The molecule has 0 spiro atoms. The number of carboxylic acids is 1. The van der Waals surface area contributed by atoms with Crippen molar-refractivity contribution in [2.45, 2.75) is 18.3 Å². The van der Waals surface area contributed by atoms with E-state index in [1.807, 2.05) is 0 Å². The SMILES string of the molecule is CC=C[Se](=O)CC(N)C(=O)O. The Balaban J connectivity index is 3.85. The first-order chi connectivity index (χ1) is 5.07. The second kappa shape index (κ2) is 5.18. The van der Waals surface area contributed by atoms with Crippen LogP contribution in [0, 0.1) is 0 Å². The maximum absolute atomic E-state index is 10.9. The summed E-state index contributed by atoms with van der Waals surface area (Å²) in [4.78, 5) is 11.7. The molecular formula is C6H11NO3Se. The van der Waals surface area contributed by atoms with Crippen LogP contribution >= 0.6 is 0 Å². The van der Waals surface area contributed by atoms with Gasteiger partial charge in [-0.15, -0.1) is 0 Å². The average Bonchev–Trinajstić information content (AvgIpc) is 1.87. The first-order valence-electron chi connectivity index (χ1n) is 3.06. The number of allylic oxidation sites excluding steroid dienone is 1. The van der Waals surface area contributed by atoms with E-state index in [9.17, 15) is 8.63 Å². The summed E-state index contributed by atoms with van der Waals surface area (Å²) < 4.78 is 10.9. The van der Waals surface area contributed by atoms with Crippen LogP contribution in [0.4, 0.5) is 0 Å². The molecule has 2 unspecified atom stereocenters. The molecule has 0 amide bonds. The van der Waals surface area contributed by atoms with Crippen LogP contribution in [0.1, 0.15) is 6.92 Å². The number of hydrogen-bond acceptors (Lipinski definition) is 3. The van der Waals surface area contributed by atoms with Crippen LogP contribution in [-0.2, 0) is 8.63 Å². The van der Waals surface area contributed by atoms with E-state index in [4.69, 9.17) is 10.8 Å². The van der Waals surface area contributed by atoms with Gasteiger partial charge < -0.3 is 0 Å². The Morgan fingerprint density at radius 2 is 2.36 bits per heavy atom. The maximum atomic E-state index is 10.9. The van der Waals surface area contributed by atoms with Crippen molar-refractivity contribution in [2.24, 2.45) is 5.73 Å². The zero-order chi connectivity index (χ0) is 8.85. The fraction of sp³-hybridized carbons (Fsp3) is 0.500. The minimum absolute atomic E-state index is 0.0691. The molecule has 4 nitrogen and oxygen atoms in total. The number of aliphatic carboxylic acids is 1. The van der Waals surface area contributed by atoms with Gasteiger partial charge in [0.15, 0.2) is 0 Å². The summed E-state index contributed by atoms with van der Waals surface area (Å²) in [6.07, 6.45) is 1.65. The van der Waals surface area contributed by atoms with Crippen molar-refractivity contribution in [1.82, 2.24) is 0 Å². The summed E-state index contributed by atoms with van der Waals surface area (Å²) in [6, 6.07) is -0.992. The van der Waals surface area contributed by atoms with Gasteiger partial charge in [-0.3, -0.25) is 0 Å². The number of rotatable bonds is 4. The van der Waals surface area contributed by atoms with Gasteiger partial charge in [0.25, 0.3) is 0 Å². The average molecular weight is 224 g/mol. The Hall–Kier alpha value is -0.511. The molecule has 0 aromatic carbocycles. The molecule has 64 valence electrons. The Morgan fingerprint density at radius 1 is 1.82 bits per heavy atom. The van der Waals surface area contributed by atoms with Crippen molar-refractivity contribution in [3.8, 4) is 0 Å². The normalized spacial score (nSPS) is 16.5. The Kier molecular flexibility index (Phi) is 4.94. The quantitative estimate of drug-likeness (QED) is 0.655. The second-order valence-corrected chi connectivity index (χ2v) is 4.83. The molecule has 0 aliphatic carbocycles. The van der Waals surface area contributed by atoms with E-state index in [1.54, 1.807) is 13.0 Å². The van der Waals surface area contributed by atoms with Crippen molar-refractivity contribution in [1.29, 1.82) is 0 Å². The molecule has 2 atom stereocenters. The van der Waals surface area contributed by atoms with Gasteiger partial charge in [-0.25, -0.2) is 0 Å². The molecule has 11 heavy (non-hydrogen) atoms. The summed E-state index contributed by atoms with van der Waals surface area (Å²) >= 11 is -2.13. The van der Waals surface area contributed by atoms with Crippen LogP contribution in [0.5, 0.6) is 0 Å². The van der Waals surface area contributed by atoms with Gasteiger partial charge >= 0.3 is 68.6 Å². The molecule has 0 aliphatic rings. The van der Waals surface area contributed by atoms with Gasteiger partial charge in [-0.1, -0.05) is 0 Å². The first kappa shape index (κ1) is 10.5. The van der Waals surface area contributed by atoms with Gasteiger partial charge in [-0.05, 0) is 0 Å². The third-order valence-corrected chi connectivity index (χ3v) is 3.60. The molecule has 0 aliphatic heterocycles. The Bertz CT molecular complexity index is 190. The van der Waals surface area contributed by atoms with Crippen molar-refractivity contribution < 1.29 is 13.7 Å². The van der Waals surface area contributed by atoms with Gasteiger partial charge in [0, 0.05) is 0 Å². The Morgan fingerprint density at radius 3 is 2.73 bits per heavy atom. The van der Waals surface area contributed by atoms with E-state index in [1.165, 1.54) is 4.97 Å². The molecule has 0 heterocycles. The van der Waals surface area contributed by atoms with Crippen molar-refractivity contribution in [2.75, 3.05) is 0 Å². The molecule has 0 radical (unpaired) electrons. The standard InChI is InChI=1S/C6H11NO3Se/c1-2-3-11(10)4-5(7)6(8)9/h2-3,5H,4,7H2,1H3,(H,8,9). The van der Waals surface area contributed by atoms with Crippen LogP contribution in [0.25, 0.3) is 0 Å². The molecule has 3 N–H and O–H groups in total. The topological polar surface area (TPSA) is 80.4 Å². The molecule has 0 rings (SSSR count). The molecular weight excluding hydrogens is 213 g/mol. The van der Waals surface area contributed by atoms with Gasteiger partial charge in [0.05, 0.1) is 0 Å². The van der Waals surface area contributed by atoms with Gasteiger partial charge in [-0.2, -0.15) is 0 Å². The number of hydrogen-bond donors (Lipinski definition) is 2. The van der Waals surface area contributed by atoms with E-state index >= 15 is 0 Å². The third kappa shape index (κ3) is 4.84. The zero-order valence-corrected chi connectivity index (χ0v) is 7.90. The van der Waals surface area contributed by atoms with Crippen LogP contribution in [0.15, 0.2) is 11.1 Å². The van der Waals surface area contributed by atoms with E-state index in [-0.39, 0.29) is 5.32 Å². The molecule has 0 aromatic heterocycles. The predicted octanol–water partition coefficient (Wildman–Crippen LogP) is -0.0644. The van der Waals surface area contributed by atoms with E-state index in [0.29, 0.717) is 0 Å². The zero-order valence-electron chi connectivity index (χ0n) is 6.19. The second-order valence-electron chi connectivity index (χ2n) is 1.96. The summed E-state index contributed by atoms with van der Waals surface area (Å²) in [5, 5.41) is 8.40. The summed E-state index contributed by atoms with van der Waals surface area (Å²) in [7, 11) is 0. The summed E-state index contributed by atoms with van der Waals surface area (Å²) in [5.41, 5.74) is 5.15. The van der Waals surface area contributed by atoms with Crippen molar-refractivity contribution >= 4 is 19.8 Å². The van der Waals surface area contributed by atoms with Crippen LogP contribution in [0.3, 0.4) is 0 Å².